The van der Waals surface area contributed by atoms with E-state index in [1.807, 2.05) is 27.2 Å². The second-order valence-corrected chi connectivity index (χ2v) is 1.93. The molecule has 0 spiro atoms. The zero-order valence-corrected chi connectivity index (χ0v) is 6.89. The Morgan fingerprint density at radius 1 is 1.80 bits per heavy atom. The van der Waals surface area contributed by atoms with Crippen molar-refractivity contribution in [2.75, 3.05) is 14.1 Å². The van der Waals surface area contributed by atoms with Crippen molar-refractivity contribution in [1.82, 2.24) is 10.3 Å². The van der Waals surface area contributed by atoms with Gasteiger partial charge in [0.2, 0.25) is 0 Å². The maximum Gasteiger partial charge on any atom is 0.114 e. The highest BCUT2D eigenvalue weighted by atomic mass is 15.5. The van der Waals surface area contributed by atoms with Gasteiger partial charge in [-0.3, -0.25) is 5.01 Å². The molecule has 3 nitrogen and oxygen atoms in total. The van der Waals surface area contributed by atoms with Crippen molar-refractivity contribution in [3.8, 4) is 0 Å². The van der Waals surface area contributed by atoms with E-state index in [2.05, 4.69) is 17.0 Å². The largest absolute Gasteiger partial charge is 0.374 e. The smallest absolute Gasteiger partial charge is 0.114 e. The summed E-state index contributed by atoms with van der Waals surface area (Å²) < 4.78 is 0. The second-order valence-electron chi connectivity index (χ2n) is 1.93. The molecule has 0 aromatic carbocycles. The summed E-state index contributed by atoms with van der Waals surface area (Å²) >= 11 is 0. The second kappa shape index (κ2) is 4.85. The molecule has 0 unspecified atom stereocenters. The van der Waals surface area contributed by atoms with Crippen LogP contribution < -0.4 is 5.32 Å². The molecule has 0 aliphatic rings. The molecule has 10 heavy (non-hydrogen) atoms. The summed E-state index contributed by atoms with van der Waals surface area (Å²) in [6, 6.07) is 0. The van der Waals surface area contributed by atoms with Crippen molar-refractivity contribution in [3.05, 3.63) is 12.4 Å². The van der Waals surface area contributed by atoms with E-state index in [1.54, 1.807) is 5.01 Å². The molecule has 0 aliphatic heterocycles. The molecule has 0 saturated carbocycles. The molecule has 58 valence electrons. The van der Waals surface area contributed by atoms with Gasteiger partial charge in [-0.05, 0) is 6.42 Å². The molecule has 0 aromatic heterocycles. The van der Waals surface area contributed by atoms with E-state index in [0.29, 0.717) is 0 Å². The summed E-state index contributed by atoms with van der Waals surface area (Å²) in [7, 11) is 3.67. The Bertz CT molecular complexity index is 129. The minimum atomic E-state index is 0.796. The maximum absolute atomic E-state index is 4.06. The van der Waals surface area contributed by atoms with Gasteiger partial charge in [0.1, 0.15) is 5.82 Å². The first-order valence-corrected chi connectivity index (χ1v) is 3.35. The number of nitrogens with one attached hydrogen (secondary N) is 1. The number of hydrazone groups is 1. The van der Waals surface area contributed by atoms with Crippen molar-refractivity contribution < 1.29 is 0 Å². The van der Waals surface area contributed by atoms with Crippen molar-refractivity contribution in [1.29, 1.82) is 0 Å². The molecule has 0 atom stereocenters. The van der Waals surface area contributed by atoms with E-state index in [9.17, 15) is 0 Å². The van der Waals surface area contributed by atoms with Gasteiger partial charge in [-0.2, -0.15) is 5.10 Å². The van der Waals surface area contributed by atoms with Gasteiger partial charge in [-0.1, -0.05) is 13.5 Å². The van der Waals surface area contributed by atoms with Crippen molar-refractivity contribution in [2.24, 2.45) is 5.10 Å². The van der Waals surface area contributed by atoms with E-state index in [4.69, 9.17) is 0 Å². The fourth-order valence-electron chi connectivity index (χ4n) is 0.436. The number of hydrogen-bond donors (Lipinski definition) is 1. The Kier molecular flexibility index (Phi) is 4.37. The van der Waals surface area contributed by atoms with Crippen LogP contribution in [0.4, 0.5) is 0 Å². The van der Waals surface area contributed by atoms with Gasteiger partial charge in [0, 0.05) is 20.3 Å². The summed E-state index contributed by atoms with van der Waals surface area (Å²) in [4.78, 5) is 0. The molecule has 0 rings (SSSR count). The van der Waals surface area contributed by atoms with Crippen LogP contribution >= 0.6 is 0 Å². The third-order valence-corrected chi connectivity index (χ3v) is 1.12. The summed E-state index contributed by atoms with van der Waals surface area (Å²) in [5.74, 6) is 0.796. The van der Waals surface area contributed by atoms with Gasteiger partial charge >= 0.3 is 0 Å². The van der Waals surface area contributed by atoms with E-state index in [1.165, 1.54) is 0 Å². The van der Waals surface area contributed by atoms with Gasteiger partial charge < -0.3 is 5.32 Å². The minimum absolute atomic E-state index is 0.796. The quantitative estimate of drug-likeness (QED) is 0.467. The van der Waals surface area contributed by atoms with Crippen LogP contribution in [-0.2, 0) is 0 Å². The summed E-state index contributed by atoms with van der Waals surface area (Å²) in [5, 5.41) is 8.65. The third-order valence-electron chi connectivity index (χ3n) is 1.12. The van der Waals surface area contributed by atoms with Crippen LogP contribution in [0.15, 0.2) is 17.5 Å². The first kappa shape index (κ1) is 9.01. The molecule has 0 aliphatic carbocycles. The molecule has 0 fully saturated rings. The molecule has 0 amide bonds. The number of hydrogen-bond acceptors (Lipinski definition) is 3. The Balaban J connectivity index is 3.72. The lowest BCUT2D eigenvalue weighted by molar-refractivity contribution is 0.421. The Morgan fingerprint density at radius 2 is 2.40 bits per heavy atom. The summed E-state index contributed by atoms with van der Waals surface area (Å²) in [6.45, 7) is 5.77. The zero-order chi connectivity index (χ0) is 7.98. The molecular formula is C7H15N3. The van der Waals surface area contributed by atoms with Crippen molar-refractivity contribution >= 4 is 6.21 Å². The highest BCUT2D eigenvalue weighted by Gasteiger charge is 1.91. The standard InChI is InChI=1S/C7H15N3/c1-5-6-9-10(4)7(2)8-3/h6,8H,2,5H2,1,3-4H3/b9-6+. The summed E-state index contributed by atoms with van der Waals surface area (Å²) in [6.07, 6.45) is 2.78. The zero-order valence-electron chi connectivity index (χ0n) is 6.89. The van der Waals surface area contributed by atoms with E-state index in [0.717, 1.165) is 12.2 Å². The first-order valence-electron chi connectivity index (χ1n) is 3.35. The SMILES string of the molecule is C=C(NC)N(C)/N=C/CC. The van der Waals surface area contributed by atoms with Gasteiger partial charge in [-0.25, -0.2) is 0 Å². The van der Waals surface area contributed by atoms with Crippen LogP contribution in [0.25, 0.3) is 0 Å². The van der Waals surface area contributed by atoms with Crippen LogP contribution in [0, 0.1) is 0 Å². The van der Waals surface area contributed by atoms with Crippen LogP contribution in [-0.4, -0.2) is 25.3 Å². The topological polar surface area (TPSA) is 27.6 Å². The van der Waals surface area contributed by atoms with Gasteiger partial charge in [0.15, 0.2) is 0 Å². The number of rotatable bonds is 4. The van der Waals surface area contributed by atoms with Gasteiger partial charge in [0.05, 0.1) is 0 Å². The highest BCUT2D eigenvalue weighted by molar-refractivity contribution is 5.56. The molecular weight excluding hydrogens is 126 g/mol. The lowest BCUT2D eigenvalue weighted by Crippen LogP contribution is -2.20. The van der Waals surface area contributed by atoms with Crippen LogP contribution in [0.1, 0.15) is 13.3 Å². The minimum Gasteiger partial charge on any atom is -0.374 e. The average molecular weight is 141 g/mol. The molecule has 0 heterocycles. The Hall–Kier alpha value is -0.990. The predicted molar refractivity (Wildman–Crippen MR) is 44.7 cm³/mol. The van der Waals surface area contributed by atoms with E-state index >= 15 is 0 Å². The fraction of sp³-hybridized carbons (Fsp3) is 0.571. The molecule has 0 bridgehead atoms. The highest BCUT2D eigenvalue weighted by Crippen LogP contribution is 1.91. The normalized spacial score (nSPS) is 9.90. The molecule has 0 saturated heterocycles. The molecule has 0 radical (unpaired) electrons. The fourth-order valence-corrected chi connectivity index (χ4v) is 0.436. The monoisotopic (exact) mass is 141 g/mol. The molecule has 0 aromatic rings. The van der Waals surface area contributed by atoms with E-state index < -0.39 is 0 Å². The summed E-state index contributed by atoms with van der Waals surface area (Å²) in [5.41, 5.74) is 0. The van der Waals surface area contributed by atoms with Crippen molar-refractivity contribution in [2.45, 2.75) is 13.3 Å². The number of nitrogens with zero attached hydrogens (tertiary/aromatic N) is 2. The molecule has 3 heteroatoms. The van der Waals surface area contributed by atoms with Crippen molar-refractivity contribution in [3.63, 3.8) is 0 Å². The van der Waals surface area contributed by atoms with Gasteiger partial charge in [0.25, 0.3) is 0 Å². The first-order chi connectivity index (χ1) is 4.72. The van der Waals surface area contributed by atoms with Crippen LogP contribution in [0.3, 0.4) is 0 Å². The third kappa shape index (κ3) is 3.12. The lowest BCUT2D eigenvalue weighted by Gasteiger charge is -2.14. The Morgan fingerprint density at radius 3 is 2.80 bits per heavy atom. The van der Waals surface area contributed by atoms with Crippen LogP contribution in [0.5, 0.6) is 0 Å². The lowest BCUT2D eigenvalue weighted by atomic mass is 10.5. The molecule has 1 N–H and O–H groups in total. The predicted octanol–water partition coefficient (Wildman–Crippen LogP) is 1.00. The van der Waals surface area contributed by atoms with Crippen LogP contribution in [0.2, 0.25) is 0 Å². The maximum atomic E-state index is 4.06. The van der Waals surface area contributed by atoms with Gasteiger partial charge in [-0.15, -0.1) is 0 Å². The Labute approximate surface area is 62.4 Å². The van der Waals surface area contributed by atoms with E-state index in [-0.39, 0.29) is 0 Å². The average Bonchev–Trinajstić information content (AvgIpc) is 1.98.